The van der Waals surface area contributed by atoms with E-state index in [9.17, 15) is 4.79 Å². The molecule has 1 fully saturated rings. The van der Waals surface area contributed by atoms with Crippen molar-refractivity contribution in [2.24, 2.45) is 5.92 Å². The first kappa shape index (κ1) is 14.9. The number of amides is 1. The number of ether oxygens (including phenoxy) is 1. The topological polar surface area (TPSA) is 41.6 Å². The fourth-order valence-corrected chi connectivity index (χ4v) is 2.73. The van der Waals surface area contributed by atoms with Crippen LogP contribution in [0.5, 0.6) is 5.75 Å². The maximum absolute atomic E-state index is 12.2. The zero-order chi connectivity index (χ0) is 14.5. The number of likely N-dealkylation sites (N-methyl/N-ethyl adjacent to an activating group) is 1. The number of likely N-dealkylation sites (tertiary alicyclic amines) is 1. The van der Waals surface area contributed by atoms with Crippen LogP contribution < -0.4 is 10.1 Å². The van der Waals surface area contributed by atoms with Crippen molar-refractivity contribution in [3.8, 4) is 5.75 Å². The first-order chi connectivity index (χ1) is 9.65. The van der Waals surface area contributed by atoms with Gasteiger partial charge in [0.1, 0.15) is 5.75 Å². The smallest absolute Gasteiger partial charge is 0.225 e. The van der Waals surface area contributed by atoms with E-state index in [1.165, 1.54) is 5.56 Å². The molecule has 1 aliphatic rings. The molecule has 2 unspecified atom stereocenters. The molecule has 0 aliphatic carbocycles. The summed E-state index contributed by atoms with van der Waals surface area (Å²) in [5, 5.41) is 3.30. The lowest BCUT2D eigenvalue weighted by Crippen LogP contribution is -2.44. The predicted molar refractivity (Wildman–Crippen MR) is 79.8 cm³/mol. The Labute approximate surface area is 121 Å². The number of hydrogen-bond acceptors (Lipinski definition) is 3. The molecule has 0 saturated carbocycles. The van der Waals surface area contributed by atoms with Gasteiger partial charge >= 0.3 is 0 Å². The lowest BCUT2D eigenvalue weighted by molar-refractivity contribution is -0.138. The Balaban J connectivity index is 2.05. The van der Waals surface area contributed by atoms with Crippen LogP contribution in [-0.4, -0.2) is 38.1 Å². The van der Waals surface area contributed by atoms with Gasteiger partial charge in [0, 0.05) is 25.0 Å². The zero-order valence-electron chi connectivity index (χ0n) is 12.6. The molecule has 2 rings (SSSR count). The molecule has 0 radical (unpaired) electrons. The van der Waals surface area contributed by atoms with E-state index in [0.717, 1.165) is 31.7 Å². The summed E-state index contributed by atoms with van der Waals surface area (Å²) in [7, 11) is 3.60. The highest BCUT2D eigenvalue weighted by Gasteiger charge is 2.27. The van der Waals surface area contributed by atoms with E-state index in [1.807, 2.05) is 31.0 Å². The number of hydrogen-bond donors (Lipinski definition) is 1. The largest absolute Gasteiger partial charge is 0.497 e. The van der Waals surface area contributed by atoms with E-state index in [4.69, 9.17) is 4.74 Å². The number of piperidine rings is 1. The van der Waals surface area contributed by atoms with Crippen molar-refractivity contribution in [2.45, 2.75) is 25.8 Å². The van der Waals surface area contributed by atoms with Crippen LogP contribution in [0.4, 0.5) is 0 Å². The Morgan fingerprint density at radius 3 is 2.70 bits per heavy atom. The molecule has 4 heteroatoms. The molecule has 1 amide bonds. The van der Waals surface area contributed by atoms with Crippen molar-refractivity contribution < 1.29 is 9.53 Å². The summed E-state index contributed by atoms with van der Waals surface area (Å²) < 4.78 is 5.18. The summed E-state index contributed by atoms with van der Waals surface area (Å²) in [6.07, 6.45) is 2.12. The number of nitrogens with one attached hydrogen (secondary N) is 1. The molecule has 1 aliphatic heterocycles. The van der Waals surface area contributed by atoms with Gasteiger partial charge in [0.2, 0.25) is 5.91 Å². The van der Waals surface area contributed by atoms with E-state index >= 15 is 0 Å². The SMILES string of the molecule is CNC(CN1CCCC(C)C1=O)c1ccc(OC)cc1. The molecule has 20 heavy (non-hydrogen) atoms. The number of carbonyl (C=O) groups is 1. The van der Waals surface area contributed by atoms with Crippen molar-refractivity contribution in [3.63, 3.8) is 0 Å². The molecule has 0 bridgehead atoms. The van der Waals surface area contributed by atoms with Crippen LogP contribution >= 0.6 is 0 Å². The van der Waals surface area contributed by atoms with Gasteiger partial charge in [-0.05, 0) is 37.6 Å². The monoisotopic (exact) mass is 276 g/mol. The lowest BCUT2D eigenvalue weighted by Gasteiger charge is -2.33. The van der Waals surface area contributed by atoms with E-state index in [2.05, 4.69) is 17.4 Å². The van der Waals surface area contributed by atoms with Gasteiger partial charge in [-0.1, -0.05) is 19.1 Å². The Kier molecular flexibility index (Phi) is 5.01. The van der Waals surface area contributed by atoms with Crippen LogP contribution in [0.2, 0.25) is 0 Å². The summed E-state index contributed by atoms with van der Waals surface area (Å²) in [6.45, 7) is 3.62. The second-order valence-electron chi connectivity index (χ2n) is 5.44. The van der Waals surface area contributed by atoms with Crippen LogP contribution in [-0.2, 0) is 4.79 Å². The third-order valence-corrected chi connectivity index (χ3v) is 4.07. The van der Waals surface area contributed by atoms with Gasteiger partial charge in [-0.25, -0.2) is 0 Å². The normalized spacial score (nSPS) is 20.9. The molecule has 1 aromatic carbocycles. The highest BCUT2D eigenvalue weighted by atomic mass is 16.5. The minimum atomic E-state index is 0.162. The molecule has 2 atom stereocenters. The van der Waals surface area contributed by atoms with Crippen LogP contribution in [0.3, 0.4) is 0 Å². The predicted octanol–water partition coefficient (Wildman–Crippen LogP) is 2.21. The Morgan fingerprint density at radius 2 is 2.10 bits per heavy atom. The van der Waals surface area contributed by atoms with Gasteiger partial charge in [0.05, 0.1) is 7.11 Å². The van der Waals surface area contributed by atoms with Gasteiger partial charge in [0.25, 0.3) is 0 Å². The van der Waals surface area contributed by atoms with Crippen LogP contribution in [0.15, 0.2) is 24.3 Å². The molecular formula is C16H24N2O2. The summed E-state index contributed by atoms with van der Waals surface area (Å²) in [6, 6.07) is 8.19. The lowest BCUT2D eigenvalue weighted by atomic mass is 9.97. The van der Waals surface area contributed by atoms with Crippen molar-refractivity contribution in [1.82, 2.24) is 10.2 Å². The molecule has 4 nitrogen and oxygen atoms in total. The molecule has 1 saturated heterocycles. The van der Waals surface area contributed by atoms with Gasteiger partial charge in [-0.3, -0.25) is 4.79 Å². The minimum absolute atomic E-state index is 0.162. The number of carbonyl (C=O) groups excluding carboxylic acids is 1. The Hall–Kier alpha value is -1.55. The van der Waals surface area contributed by atoms with E-state index in [-0.39, 0.29) is 17.9 Å². The highest BCUT2D eigenvalue weighted by Crippen LogP contribution is 2.22. The van der Waals surface area contributed by atoms with E-state index < -0.39 is 0 Å². The molecular weight excluding hydrogens is 252 g/mol. The first-order valence-corrected chi connectivity index (χ1v) is 7.25. The fourth-order valence-electron chi connectivity index (χ4n) is 2.73. The molecule has 1 heterocycles. The maximum atomic E-state index is 12.2. The van der Waals surface area contributed by atoms with Gasteiger partial charge in [-0.15, -0.1) is 0 Å². The minimum Gasteiger partial charge on any atom is -0.497 e. The number of rotatable bonds is 5. The Morgan fingerprint density at radius 1 is 1.40 bits per heavy atom. The molecule has 1 N–H and O–H groups in total. The third-order valence-electron chi connectivity index (χ3n) is 4.07. The molecule has 1 aromatic rings. The molecule has 0 spiro atoms. The van der Waals surface area contributed by atoms with Crippen molar-refractivity contribution in [2.75, 3.05) is 27.2 Å². The van der Waals surface area contributed by atoms with Gasteiger partial charge in [-0.2, -0.15) is 0 Å². The van der Waals surface area contributed by atoms with E-state index in [1.54, 1.807) is 7.11 Å². The zero-order valence-corrected chi connectivity index (χ0v) is 12.6. The Bertz CT molecular complexity index is 444. The third kappa shape index (κ3) is 3.31. The van der Waals surface area contributed by atoms with E-state index in [0.29, 0.717) is 0 Å². The van der Waals surface area contributed by atoms with Crippen LogP contribution in [0.25, 0.3) is 0 Å². The maximum Gasteiger partial charge on any atom is 0.225 e. The average molecular weight is 276 g/mol. The highest BCUT2D eigenvalue weighted by molar-refractivity contribution is 5.79. The number of methoxy groups -OCH3 is 1. The summed E-state index contributed by atoms with van der Waals surface area (Å²) in [5.74, 6) is 1.30. The van der Waals surface area contributed by atoms with Crippen molar-refractivity contribution in [1.29, 1.82) is 0 Å². The van der Waals surface area contributed by atoms with Crippen LogP contribution in [0.1, 0.15) is 31.4 Å². The first-order valence-electron chi connectivity index (χ1n) is 7.25. The molecule has 110 valence electrons. The van der Waals surface area contributed by atoms with Crippen molar-refractivity contribution in [3.05, 3.63) is 29.8 Å². The van der Waals surface area contributed by atoms with Crippen molar-refractivity contribution >= 4 is 5.91 Å². The quantitative estimate of drug-likeness (QED) is 0.896. The number of nitrogens with zero attached hydrogens (tertiary/aromatic N) is 1. The second-order valence-corrected chi connectivity index (χ2v) is 5.44. The fraction of sp³-hybridized carbons (Fsp3) is 0.562. The summed E-state index contributed by atoms with van der Waals surface area (Å²) in [4.78, 5) is 14.2. The van der Waals surface area contributed by atoms with Gasteiger partial charge in [0.15, 0.2) is 0 Å². The second kappa shape index (κ2) is 6.75. The summed E-state index contributed by atoms with van der Waals surface area (Å²) in [5.41, 5.74) is 1.18. The number of benzene rings is 1. The van der Waals surface area contributed by atoms with Gasteiger partial charge < -0.3 is 15.0 Å². The average Bonchev–Trinajstić information content (AvgIpc) is 2.49. The standard InChI is InChI=1S/C16H24N2O2/c1-12-5-4-10-18(16(12)19)11-15(17-2)13-6-8-14(20-3)9-7-13/h6-9,12,15,17H,4-5,10-11H2,1-3H3. The van der Waals surface area contributed by atoms with Crippen LogP contribution in [0, 0.1) is 5.92 Å². The molecule has 0 aromatic heterocycles. The summed E-state index contributed by atoms with van der Waals surface area (Å²) >= 11 is 0.